The summed E-state index contributed by atoms with van der Waals surface area (Å²) in [5.41, 5.74) is 2.89. The predicted molar refractivity (Wildman–Crippen MR) is 125 cm³/mol. The lowest BCUT2D eigenvalue weighted by Gasteiger charge is -2.36. The number of amides is 1. The van der Waals surface area contributed by atoms with Crippen LogP contribution in [0.15, 0.2) is 30.3 Å². The number of anilines is 1. The van der Waals surface area contributed by atoms with Crippen LogP contribution in [-0.4, -0.2) is 42.2 Å². The highest BCUT2D eigenvalue weighted by Crippen LogP contribution is 2.26. The largest absolute Gasteiger partial charge is 0.369 e. The van der Waals surface area contributed by atoms with Crippen molar-refractivity contribution in [2.24, 2.45) is 0 Å². The normalized spacial score (nSPS) is 15.0. The van der Waals surface area contributed by atoms with E-state index in [1.165, 1.54) is 24.1 Å². The van der Waals surface area contributed by atoms with Crippen LogP contribution in [0.2, 0.25) is 10.0 Å². The summed E-state index contributed by atoms with van der Waals surface area (Å²) < 4.78 is 17.2. The van der Waals surface area contributed by atoms with Gasteiger partial charge in [-0.3, -0.25) is 14.4 Å². The van der Waals surface area contributed by atoms with Crippen molar-refractivity contribution in [2.45, 2.75) is 32.6 Å². The molecule has 1 amide bonds. The molecule has 0 unspecified atom stereocenters. The Balaban J connectivity index is 1.61. The van der Waals surface area contributed by atoms with Crippen LogP contribution in [0, 0.1) is 12.7 Å². The van der Waals surface area contributed by atoms with Crippen LogP contribution in [0.1, 0.15) is 35.3 Å². The van der Waals surface area contributed by atoms with Crippen LogP contribution in [0.25, 0.3) is 0 Å². The molecule has 1 aliphatic rings. The molecule has 1 N–H and O–H groups in total. The van der Waals surface area contributed by atoms with Crippen LogP contribution in [-0.2, 0) is 6.54 Å². The number of nitrogens with one attached hydrogen (secondary N) is 1. The molecule has 3 rings (SSSR count). The van der Waals surface area contributed by atoms with Gasteiger partial charge in [-0.15, -0.1) is 0 Å². The highest BCUT2D eigenvalue weighted by Gasteiger charge is 2.21. The second-order valence-corrected chi connectivity index (χ2v) is 9.91. The molecule has 0 bridgehead atoms. The molecule has 30 heavy (non-hydrogen) atoms. The summed E-state index contributed by atoms with van der Waals surface area (Å²) >= 11 is 13.8. The molecule has 1 aliphatic heterocycles. The number of nitrogens with zero attached hydrogens (tertiary/aromatic N) is 2. The summed E-state index contributed by atoms with van der Waals surface area (Å²) in [6, 6.07) is 8.88. The quantitative estimate of drug-likeness (QED) is 0.562. The average molecular weight is 470 g/mol. The molecular formula is C22H26Cl2FN3OS. The van der Waals surface area contributed by atoms with Crippen molar-refractivity contribution in [1.29, 1.82) is 0 Å². The van der Waals surface area contributed by atoms with Crippen molar-refractivity contribution in [3.05, 3.63) is 62.9 Å². The van der Waals surface area contributed by atoms with E-state index in [1.807, 2.05) is 32.9 Å². The van der Waals surface area contributed by atoms with Gasteiger partial charge in [0.25, 0.3) is 5.91 Å². The average Bonchev–Trinajstić information content (AvgIpc) is 2.71. The highest BCUT2D eigenvalue weighted by atomic mass is 35.5. The van der Waals surface area contributed by atoms with Crippen LogP contribution in [0.4, 0.5) is 10.1 Å². The third-order valence-electron chi connectivity index (χ3n) is 5.04. The maximum atomic E-state index is 14.5. The maximum absolute atomic E-state index is 14.5. The summed E-state index contributed by atoms with van der Waals surface area (Å²) in [7, 11) is 0. The summed E-state index contributed by atoms with van der Waals surface area (Å²) in [6.45, 7) is 9.87. The van der Waals surface area contributed by atoms with Gasteiger partial charge >= 0.3 is 0 Å². The summed E-state index contributed by atoms with van der Waals surface area (Å²) in [5, 5.41) is 1.39. The molecule has 8 heteroatoms. The lowest BCUT2D eigenvalue weighted by atomic mass is 10.1. The third kappa shape index (κ3) is 5.82. The minimum atomic E-state index is -0.550. The Bertz CT molecular complexity index is 917. The van der Waals surface area contributed by atoms with Crippen molar-refractivity contribution >= 4 is 46.7 Å². The monoisotopic (exact) mass is 469 g/mol. The zero-order valence-electron chi connectivity index (χ0n) is 17.3. The fraction of sp³-hybridized carbons (Fsp3) is 0.409. The number of benzene rings is 2. The number of halogens is 3. The summed E-state index contributed by atoms with van der Waals surface area (Å²) in [4.78, 5) is 16.8. The van der Waals surface area contributed by atoms with E-state index in [-0.39, 0.29) is 10.8 Å². The summed E-state index contributed by atoms with van der Waals surface area (Å²) in [5.74, 6) is -1.02. The number of piperazine rings is 1. The van der Waals surface area contributed by atoms with Crippen LogP contribution >= 0.6 is 35.1 Å². The molecule has 0 aliphatic carbocycles. The number of carbonyl (C=O) groups excluding carboxylic acids is 1. The van der Waals surface area contributed by atoms with Crippen molar-refractivity contribution < 1.29 is 9.18 Å². The molecule has 1 saturated heterocycles. The Morgan fingerprint density at radius 1 is 1.13 bits per heavy atom. The van der Waals surface area contributed by atoms with Crippen molar-refractivity contribution in [3.63, 3.8) is 0 Å². The van der Waals surface area contributed by atoms with E-state index in [9.17, 15) is 9.18 Å². The minimum absolute atomic E-state index is 0.0279. The first kappa shape index (κ1) is 23.2. The van der Waals surface area contributed by atoms with Gasteiger partial charge in [-0.1, -0.05) is 37.0 Å². The first-order valence-corrected chi connectivity index (χ1v) is 11.6. The maximum Gasteiger partial charge on any atom is 0.264 e. The van der Waals surface area contributed by atoms with Crippen molar-refractivity contribution in [2.75, 3.05) is 31.1 Å². The smallest absolute Gasteiger partial charge is 0.264 e. The topological polar surface area (TPSA) is 35.6 Å². The Labute approximate surface area is 191 Å². The highest BCUT2D eigenvalue weighted by molar-refractivity contribution is 7.98. The van der Waals surface area contributed by atoms with Gasteiger partial charge in [0.05, 0.1) is 5.56 Å². The molecule has 1 fully saturated rings. The second-order valence-electron chi connectivity index (χ2n) is 7.72. The molecule has 0 radical (unpaired) electrons. The van der Waals surface area contributed by atoms with E-state index in [0.29, 0.717) is 17.1 Å². The van der Waals surface area contributed by atoms with E-state index in [0.717, 1.165) is 42.5 Å². The van der Waals surface area contributed by atoms with Gasteiger partial charge in [0.15, 0.2) is 0 Å². The molecule has 0 spiro atoms. The van der Waals surface area contributed by atoms with Crippen LogP contribution in [0.3, 0.4) is 0 Å². The fourth-order valence-corrected chi connectivity index (χ4v) is 4.13. The fourth-order valence-electron chi connectivity index (χ4n) is 3.34. The molecule has 1 heterocycles. The number of rotatable bonds is 6. The zero-order chi connectivity index (χ0) is 21.8. The minimum Gasteiger partial charge on any atom is -0.369 e. The van der Waals surface area contributed by atoms with Crippen molar-refractivity contribution in [1.82, 2.24) is 9.62 Å². The Morgan fingerprint density at radius 3 is 2.47 bits per heavy atom. The van der Waals surface area contributed by atoms with Crippen LogP contribution < -0.4 is 9.62 Å². The first-order chi connectivity index (χ1) is 14.2. The molecule has 0 aromatic heterocycles. The Morgan fingerprint density at radius 2 is 1.83 bits per heavy atom. The van der Waals surface area contributed by atoms with Gasteiger partial charge < -0.3 is 4.90 Å². The van der Waals surface area contributed by atoms with E-state index in [4.69, 9.17) is 23.2 Å². The first-order valence-electron chi connectivity index (χ1n) is 9.92. The van der Waals surface area contributed by atoms with E-state index < -0.39 is 11.7 Å². The lowest BCUT2D eigenvalue weighted by molar-refractivity contribution is 0.0980. The van der Waals surface area contributed by atoms with Gasteiger partial charge in [-0.2, -0.15) is 0 Å². The zero-order valence-corrected chi connectivity index (χ0v) is 19.7. The number of carbonyl (C=O) groups is 1. The molecule has 0 saturated carbocycles. The van der Waals surface area contributed by atoms with E-state index in [1.54, 1.807) is 0 Å². The third-order valence-corrected chi connectivity index (χ3v) is 6.59. The molecule has 2 aromatic rings. The Kier molecular flexibility index (Phi) is 7.91. The molecule has 4 nitrogen and oxygen atoms in total. The van der Waals surface area contributed by atoms with Gasteiger partial charge in [-0.05, 0) is 60.3 Å². The van der Waals surface area contributed by atoms with Gasteiger partial charge in [0.2, 0.25) is 0 Å². The predicted octanol–water partition coefficient (Wildman–Crippen LogP) is 5.55. The number of aryl methyl sites for hydroxylation is 1. The van der Waals surface area contributed by atoms with Crippen molar-refractivity contribution in [3.8, 4) is 0 Å². The lowest BCUT2D eigenvalue weighted by Crippen LogP contribution is -2.46. The molecule has 0 atom stereocenters. The van der Waals surface area contributed by atoms with E-state index in [2.05, 4.69) is 20.6 Å². The number of hydrogen-bond donors (Lipinski definition) is 1. The SMILES string of the molecule is Cc1cc(N2CCN(Cc3cc(F)c(C(=O)NSC(C)C)cc3Cl)CC2)ccc1Cl. The molecule has 2 aromatic carbocycles. The van der Waals surface area contributed by atoms with Gasteiger partial charge in [0, 0.05) is 53.7 Å². The standard InChI is InChI=1S/C22H26Cl2FN3OS/c1-14(2)30-26-22(29)18-12-20(24)16(11-21(18)25)13-27-6-8-28(9-7-27)17-4-5-19(23)15(3)10-17/h4-5,10-12,14H,6-9,13H2,1-3H3,(H,26,29). The van der Waals surface area contributed by atoms with Gasteiger partial charge in [-0.25, -0.2) is 4.39 Å². The number of hydrogen-bond acceptors (Lipinski definition) is 4. The Hall–Kier alpha value is -1.47. The van der Waals surface area contributed by atoms with E-state index >= 15 is 0 Å². The molecule has 162 valence electrons. The molecular weight excluding hydrogens is 444 g/mol. The van der Waals surface area contributed by atoms with Crippen LogP contribution in [0.5, 0.6) is 0 Å². The van der Waals surface area contributed by atoms with Gasteiger partial charge in [0.1, 0.15) is 5.82 Å². The summed E-state index contributed by atoms with van der Waals surface area (Å²) in [6.07, 6.45) is 0. The second kappa shape index (κ2) is 10.2.